The quantitative estimate of drug-likeness (QED) is 0.364. The van der Waals surface area contributed by atoms with Crippen LogP contribution in [-0.4, -0.2) is 24.1 Å². The molecule has 6 nitrogen and oxygen atoms in total. The maximum atomic E-state index is 13.2. The number of hydrogen-bond donors (Lipinski definition) is 0. The summed E-state index contributed by atoms with van der Waals surface area (Å²) in [5.74, 6) is 0. The molecule has 4 aromatic heterocycles. The van der Waals surface area contributed by atoms with Crippen molar-refractivity contribution in [1.29, 1.82) is 0 Å². The monoisotopic (exact) mass is 453 g/mol. The standard InChI is InChI=1S/C18H8BrN5OS2/c19-14-13-15(22-24(14)18-20-9-5-1-3-7-11(9)26-18)21-17-23(16(13)25)10-6-2-4-8-12(10)27-17/h1-8H. The van der Waals surface area contributed by atoms with Gasteiger partial charge in [-0.05, 0) is 40.2 Å². The minimum Gasteiger partial charge on any atom is -0.268 e. The van der Waals surface area contributed by atoms with E-state index in [1.54, 1.807) is 9.08 Å². The van der Waals surface area contributed by atoms with Crippen molar-refractivity contribution in [3.05, 3.63) is 63.5 Å². The lowest BCUT2D eigenvalue weighted by molar-refractivity contribution is 0.863. The van der Waals surface area contributed by atoms with Crippen LogP contribution in [0.3, 0.4) is 0 Å². The Labute approximate surface area is 167 Å². The van der Waals surface area contributed by atoms with Crippen LogP contribution in [0.5, 0.6) is 0 Å². The van der Waals surface area contributed by atoms with Gasteiger partial charge in [0.2, 0.25) is 5.13 Å². The summed E-state index contributed by atoms with van der Waals surface area (Å²) < 4.78 is 5.95. The molecule has 0 saturated carbocycles. The third kappa shape index (κ3) is 2.10. The number of aromatic nitrogens is 5. The largest absolute Gasteiger partial charge is 0.271 e. The van der Waals surface area contributed by atoms with Gasteiger partial charge < -0.3 is 0 Å². The van der Waals surface area contributed by atoms with Gasteiger partial charge in [0.05, 0.1) is 20.4 Å². The second-order valence-corrected chi connectivity index (χ2v) is 8.74. The number of para-hydroxylation sites is 2. The second kappa shape index (κ2) is 5.44. The Hall–Kier alpha value is -2.62. The van der Waals surface area contributed by atoms with E-state index in [2.05, 4.69) is 31.0 Å². The summed E-state index contributed by atoms with van der Waals surface area (Å²) >= 11 is 6.55. The van der Waals surface area contributed by atoms with Gasteiger partial charge in [0.1, 0.15) is 9.99 Å². The average Bonchev–Trinajstić information content (AvgIpc) is 3.34. The molecule has 0 N–H and O–H groups in total. The topological polar surface area (TPSA) is 65.1 Å². The maximum absolute atomic E-state index is 13.2. The number of rotatable bonds is 1. The van der Waals surface area contributed by atoms with Gasteiger partial charge in [-0.3, -0.25) is 9.20 Å². The van der Waals surface area contributed by atoms with Gasteiger partial charge in [0, 0.05) is 0 Å². The predicted molar refractivity (Wildman–Crippen MR) is 112 cm³/mol. The molecule has 130 valence electrons. The van der Waals surface area contributed by atoms with Crippen LogP contribution < -0.4 is 5.56 Å². The Bertz CT molecular complexity index is 1540. The Balaban J connectivity index is 1.71. The van der Waals surface area contributed by atoms with Crippen LogP contribution in [0.15, 0.2) is 57.9 Å². The van der Waals surface area contributed by atoms with Crippen molar-refractivity contribution in [3.63, 3.8) is 0 Å². The molecular weight excluding hydrogens is 446 g/mol. The zero-order valence-corrected chi connectivity index (χ0v) is 16.7. The summed E-state index contributed by atoms with van der Waals surface area (Å²) in [4.78, 5) is 23.1. The van der Waals surface area contributed by atoms with Crippen LogP contribution in [0.25, 0.3) is 41.6 Å². The molecule has 27 heavy (non-hydrogen) atoms. The molecule has 6 rings (SSSR count). The first-order valence-electron chi connectivity index (χ1n) is 8.05. The molecule has 0 fully saturated rings. The summed E-state index contributed by atoms with van der Waals surface area (Å²) in [6.45, 7) is 0. The molecule has 0 unspecified atom stereocenters. The van der Waals surface area contributed by atoms with E-state index < -0.39 is 0 Å². The lowest BCUT2D eigenvalue weighted by Gasteiger charge is -1.96. The third-order valence-corrected chi connectivity index (χ3v) is 7.16. The normalized spacial score (nSPS) is 12.0. The summed E-state index contributed by atoms with van der Waals surface area (Å²) in [7, 11) is 0. The highest BCUT2D eigenvalue weighted by molar-refractivity contribution is 9.10. The first kappa shape index (κ1) is 15.4. The van der Waals surface area contributed by atoms with Gasteiger partial charge in [-0.2, -0.15) is 9.67 Å². The van der Waals surface area contributed by atoms with E-state index in [1.807, 2.05) is 48.5 Å². The van der Waals surface area contributed by atoms with E-state index in [-0.39, 0.29) is 5.56 Å². The van der Waals surface area contributed by atoms with Crippen molar-refractivity contribution in [1.82, 2.24) is 24.1 Å². The van der Waals surface area contributed by atoms with Crippen LogP contribution >= 0.6 is 38.6 Å². The summed E-state index contributed by atoms with van der Waals surface area (Å²) in [6, 6.07) is 15.7. The van der Waals surface area contributed by atoms with Crippen molar-refractivity contribution in [2.75, 3.05) is 0 Å². The molecule has 9 heteroatoms. The highest BCUT2D eigenvalue weighted by Gasteiger charge is 2.20. The highest BCUT2D eigenvalue weighted by atomic mass is 79.9. The van der Waals surface area contributed by atoms with Gasteiger partial charge in [-0.25, -0.2) is 4.98 Å². The second-order valence-electron chi connectivity index (χ2n) is 5.97. The molecule has 0 aliphatic carbocycles. The molecule has 0 radical (unpaired) electrons. The van der Waals surface area contributed by atoms with E-state index in [0.29, 0.717) is 25.7 Å². The van der Waals surface area contributed by atoms with Crippen molar-refractivity contribution in [3.8, 4) is 5.13 Å². The fourth-order valence-electron chi connectivity index (χ4n) is 3.17. The van der Waals surface area contributed by atoms with Gasteiger partial charge in [-0.15, -0.1) is 5.10 Å². The maximum Gasteiger partial charge on any atom is 0.271 e. The SMILES string of the molecule is O=c1c2c(Br)n(-c3nc4ccccc4s3)nc2nc2sc3ccccc3n12. The van der Waals surface area contributed by atoms with E-state index in [9.17, 15) is 4.79 Å². The average molecular weight is 454 g/mol. The number of nitrogens with zero attached hydrogens (tertiary/aromatic N) is 5. The van der Waals surface area contributed by atoms with Gasteiger partial charge in [0.15, 0.2) is 10.6 Å². The van der Waals surface area contributed by atoms with Crippen LogP contribution in [-0.2, 0) is 0 Å². The minimum absolute atomic E-state index is 0.133. The number of benzene rings is 2. The fraction of sp³-hybridized carbons (Fsp3) is 0. The highest BCUT2D eigenvalue weighted by Crippen LogP contribution is 2.31. The number of thiazole rings is 2. The Kier molecular flexibility index (Phi) is 3.11. The Morgan fingerprint density at radius 2 is 1.70 bits per heavy atom. The molecule has 0 saturated heterocycles. The third-order valence-electron chi connectivity index (χ3n) is 4.39. The predicted octanol–water partition coefficient (Wildman–Crippen LogP) is 4.62. The van der Waals surface area contributed by atoms with E-state index >= 15 is 0 Å². The molecular formula is C18H8BrN5OS2. The van der Waals surface area contributed by atoms with Crippen LogP contribution in [0, 0.1) is 0 Å². The van der Waals surface area contributed by atoms with Crippen LogP contribution in [0.4, 0.5) is 0 Å². The number of fused-ring (bicyclic) bond motifs is 5. The van der Waals surface area contributed by atoms with E-state index in [1.165, 1.54) is 22.7 Å². The number of halogens is 1. The van der Waals surface area contributed by atoms with Gasteiger partial charge >= 0.3 is 0 Å². The fourth-order valence-corrected chi connectivity index (χ4v) is 5.82. The van der Waals surface area contributed by atoms with E-state index in [4.69, 9.17) is 0 Å². The van der Waals surface area contributed by atoms with Crippen LogP contribution in [0.2, 0.25) is 0 Å². The van der Waals surface area contributed by atoms with Gasteiger partial charge in [0.25, 0.3) is 5.56 Å². The molecule has 0 aliphatic rings. The summed E-state index contributed by atoms with van der Waals surface area (Å²) in [5, 5.41) is 5.71. The smallest absolute Gasteiger partial charge is 0.268 e. The molecule has 0 amide bonds. The summed E-state index contributed by atoms with van der Waals surface area (Å²) in [5.41, 5.74) is 2.04. The van der Waals surface area contributed by atoms with Crippen molar-refractivity contribution >= 4 is 75.0 Å². The first-order chi connectivity index (χ1) is 13.2. The summed E-state index contributed by atoms with van der Waals surface area (Å²) in [6.07, 6.45) is 0. The Morgan fingerprint density at radius 1 is 0.926 bits per heavy atom. The Morgan fingerprint density at radius 3 is 2.56 bits per heavy atom. The number of hydrogen-bond acceptors (Lipinski definition) is 6. The molecule has 0 bridgehead atoms. The molecule has 0 atom stereocenters. The van der Waals surface area contributed by atoms with Crippen molar-refractivity contribution in [2.24, 2.45) is 0 Å². The first-order valence-corrected chi connectivity index (χ1v) is 10.5. The molecule has 4 heterocycles. The molecule has 6 aromatic rings. The zero-order valence-electron chi connectivity index (χ0n) is 13.5. The molecule has 0 aliphatic heterocycles. The lowest BCUT2D eigenvalue weighted by Crippen LogP contribution is -2.13. The van der Waals surface area contributed by atoms with Crippen molar-refractivity contribution in [2.45, 2.75) is 0 Å². The van der Waals surface area contributed by atoms with Crippen LogP contribution in [0.1, 0.15) is 0 Å². The van der Waals surface area contributed by atoms with Gasteiger partial charge in [-0.1, -0.05) is 46.9 Å². The van der Waals surface area contributed by atoms with E-state index in [0.717, 1.165) is 20.4 Å². The van der Waals surface area contributed by atoms with Crippen molar-refractivity contribution < 1.29 is 0 Å². The molecule has 0 spiro atoms. The minimum atomic E-state index is -0.133. The molecule has 2 aromatic carbocycles. The lowest BCUT2D eigenvalue weighted by atomic mass is 10.3. The zero-order chi connectivity index (χ0) is 18.1.